The van der Waals surface area contributed by atoms with Gasteiger partial charge in [0, 0.05) is 37.4 Å². The molecule has 2 atom stereocenters. The second-order valence-corrected chi connectivity index (χ2v) is 10.9. The van der Waals surface area contributed by atoms with E-state index in [2.05, 4.69) is 9.80 Å². The lowest BCUT2D eigenvalue weighted by Gasteiger charge is -2.36. The molecule has 4 rings (SSSR count). The van der Waals surface area contributed by atoms with Crippen molar-refractivity contribution < 1.29 is 18.6 Å². The predicted molar refractivity (Wildman–Crippen MR) is 111 cm³/mol. The van der Waals surface area contributed by atoms with Crippen molar-refractivity contribution in [1.82, 2.24) is 4.90 Å². The fourth-order valence-corrected chi connectivity index (χ4v) is 7.68. The molecule has 1 saturated heterocycles. The molecule has 0 radical (unpaired) electrons. The summed E-state index contributed by atoms with van der Waals surface area (Å²) in [4.78, 5) is 4.68. The van der Waals surface area contributed by atoms with Crippen LogP contribution in [-0.2, 0) is 9.84 Å². The van der Waals surface area contributed by atoms with E-state index >= 15 is 0 Å². The predicted octanol–water partition coefficient (Wildman–Crippen LogP) is 2.64. The number of benzene rings is 1. The summed E-state index contributed by atoms with van der Waals surface area (Å²) in [5.74, 6) is 0.278. The normalized spacial score (nSPS) is 24.8. The van der Waals surface area contributed by atoms with E-state index in [9.17, 15) is 18.6 Å². The molecule has 152 valence electrons. The maximum atomic E-state index is 12.8. The molecule has 2 aromatic rings. The zero-order valence-electron chi connectivity index (χ0n) is 15.7. The van der Waals surface area contributed by atoms with Gasteiger partial charge in [0.25, 0.3) is 0 Å². The molecule has 0 amide bonds. The van der Waals surface area contributed by atoms with Gasteiger partial charge in [-0.3, -0.25) is 4.90 Å². The van der Waals surface area contributed by atoms with Crippen LogP contribution >= 0.6 is 11.3 Å². The molecule has 1 fully saturated rings. The first kappa shape index (κ1) is 19.7. The Balaban J connectivity index is 1.27. The number of nitrogens with zero attached hydrogens (tertiary/aromatic N) is 2. The van der Waals surface area contributed by atoms with Crippen LogP contribution in [0.2, 0.25) is 0 Å². The molecule has 0 saturated carbocycles. The maximum absolute atomic E-state index is 12.8. The molecule has 3 heterocycles. The van der Waals surface area contributed by atoms with Crippen molar-refractivity contribution in [2.24, 2.45) is 0 Å². The van der Waals surface area contributed by atoms with Crippen LogP contribution in [0.3, 0.4) is 0 Å². The molecule has 0 spiro atoms. The number of phenolic OH excluding ortho intramolecular Hbond substituents is 1. The van der Waals surface area contributed by atoms with E-state index in [1.807, 2.05) is 12.1 Å². The van der Waals surface area contributed by atoms with Crippen LogP contribution in [0.15, 0.2) is 39.9 Å². The van der Waals surface area contributed by atoms with Gasteiger partial charge in [0.15, 0.2) is 9.84 Å². The minimum atomic E-state index is -3.31. The number of hydrogen-bond donors (Lipinski definition) is 2. The highest BCUT2D eigenvalue weighted by atomic mass is 32.2. The first-order chi connectivity index (χ1) is 13.4. The highest BCUT2D eigenvalue weighted by Crippen LogP contribution is 2.40. The third kappa shape index (κ3) is 3.91. The number of hydrogen-bond acceptors (Lipinski definition) is 7. The standard InChI is InChI=1S/C20H26N2O4S2/c23-16-5-3-15(4-6-16)22-11-9-21(10-12-22)8-1-2-17-14-19(24)18-7-13-27-20(18)28(17,25)26/h3-7,13,17,19,23-24H,1-2,8-12,14H2. The number of piperazine rings is 1. The molecule has 2 aliphatic rings. The lowest BCUT2D eigenvalue weighted by Crippen LogP contribution is -2.46. The van der Waals surface area contributed by atoms with Crippen LogP contribution < -0.4 is 4.90 Å². The number of aliphatic hydroxyl groups excluding tert-OH is 1. The lowest BCUT2D eigenvalue weighted by molar-refractivity contribution is 0.157. The van der Waals surface area contributed by atoms with Crippen LogP contribution in [-0.4, -0.2) is 61.5 Å². The lowest BCUT2D eigenvalue weighted by atomic mass is 10.0. The van der Waals surface area contributed by atoms with E-state index in [0.29, 0.717) is 22.6 Å². The van der Waals surface area contributed by atoms with E-state index in [0.717, 1.165) is 44.8 Å². The van der Waals surface area contributed by atoms with Gasteiger partial charge in [-0.15, -0.1) is 11.3 Å². The summed E-state index contributed by atoms with van der Waals surface area (Å²) in [5, 5.41) is 21.0. The van der Waals surface area contributed by atoms with Crippen molar-refractivity contribution in [3.63, 3.8) is 0 Å². The molecule has 1 aromatic carbocycles. The first-order valence-electron chi connectivity index (χ1n) is 9.71. The average molecular weight is 423 g/mol. The Kier molecular flexibility index (Phi) is 5.64. The van der Waals surface area contributed by atoms with Crippen molar-refractivity contribution in [3.05, 3.63) is 41.3 Å². The Morgan fingerprint density at radius 2 is 1.79 bits per heavy atom. The Bertz CT molecular complexity index is 903. The number of fused-ring (bicyclic) bond motifs is 1. The number of aliphatic hydroxyl groups is 1. The van der Waals surface area contributed by atoms with Crippen molar-refractivity contribution >= 4 is 26.9 Å². The number of phenols is 1. The summed E-state index contributed by atoms with van der Waals surface area (Å²) >= 11 is 1.22. The fraction of sp³-hybridized carbons (Fsp3) is 0.500. The molecule has 28 heavy (non-hydrogen) atoms. The molecule has 6 nitrogen and oxygen atoms in total. The SMILES string of the molecule is O=S1(=O)c2sccc2C(O)CC1CCCN1CCN(c2ccc(O)cc2)CC1. The van der Waals surface area contributed by atoms with Crippen molar-refractivity contribution in [2.75, 3.05) is 37.6 Å². The van der Waals surface area contributed by atoms with Gasteiger partial charge in [-0.05, 0) is 61.5 Å². The molecule has 2 aliphatic heterocycles. The van der Waals surface area contributed by atoms with Gasteiger partial charge in [-0.1, -0.05) is 0 Å². The van der Waals surface area contributed by atoms with Gasteiger partial charge < -0.3 is 15.1 Å². The second kappa shape index (κ2) is 8.02. The summed E-state index contributed by atoms with van der Waals surface area (Å²) in [6.07, 6.45) is 1.05. The summed E-state index contributed by atoms with van der Waals surface area (Å²) in [7, 11) is -3.31. The van der Waals surface area contributed by atoms with Gasteiger partial charge in [0.05, 0.1) is 11.4 Å². The average Bonchev–Trinajstić information content (AvgIpc) is 3.19. The van der Waals surface area contributed by atoms with Gasteiger partial charge >= 0.3 is 0 Å². The number of sulfone groups is 1. The molecule has 2 unspecified atom stereocenters. The van der Waals surface area contributed by atoms with Crippen LogP contribution in [0, 0.1) is 0 Å². The molecule has 2 N–H and O–H groups in total. The van der Waals surface area contributed by atoms with E-state index < -0.39 is 21.2 Å². The van der Waals surface area contributed by atoms with Crippen molar-refractivity contribution in [2.45, 2.75) is 34.8 Å². The minimum Gasteiger partial charge on any atom is -0.508 e. The fourth-order valence-electron chi connectivity index (χ4n) is 4.15. The molecule has 0 aliphatic carbocycles. The highest BCUT2D eigenvalue weighted by molar-refractivity contribution is 7.94. The molecule has 1 aromatic heterocycles. The summed E-state index contributed by atoms with van der Waals surface area (Å²) < 4.78 is 25.9. The quantitative estimate of drug-likeness (QED) is 0.771. The highest BCUT2D eigenvalue weighted by Gasteiger charge is 2.38. The van der Waals surface area contributed by atoms with E-state index in [4.69, 9.17) is 0 Å². The van der Waals surface area contributed by atoms with Crippen LogP contribution in [0.25, 0.3) is 0 Å². The maximum Gasteiger partial charge on any atom is 0.191 e. The molecule has 0 bridgehead atoms. The minimum absolute atomic E-state index is 0.278. The third-order valence-electron chi connectivity index (χ3n) is 5.79. The van der Waals surface area contributed by atoms with Gasteiger partial charge in [0.1, 0.15) is 9.96 Å². The number of aromatic hydroxyl groups is 1. The topological polar surface area (TPSA) is 81.1 Å². The zero-order chi connectivity index (χ0) is 19.7. The number of rotatable bonds is 5. The van der Waals surface area contributed by atoms with Gasteiger partial charge in [-0.25, -0.2) is 8.42 Å². The number of anilines is 1. The van der Waals surface area contributed by atoms with Crippen molar-refractivity contribution in [3.8, 4) is 5.75 Å². The van der Waals surface area contributed by atoms with Crippen LogP contribution in [0.5, 0.6) is 5.75 Å². The molecular weight excluding hydrogens is 396 g/mol. The Morgan fingerprint density at radius 3 is 2.50 bits per heavy atom. The third-order valence-corrected chi connectivity index (χ3v) is 9.55. The van der Waals surface area contributed by atoms with E-state index in [-0.39, 0.29) is 5.75 Å². The zero-order valence-corrected chi connectivity index (χ0v) is 17.3. The first-order valence-corrected chi connectivity index (χ1v) is 12.1. The largest absolute Gasteiger partial charge is 0.508 e. The Morgan fingerprint density at radius 1 is 1.07 bits per heavy atom. The van der Waals surface area contributed by atoms with Crippen molar-refractivity contribution in [1.29, 1.82) is 0 Å². The van der Waals surface area contributed by atoms with Gasteiger partial charge in [0.2, 0.25) is 0 Å². The van der Waals surface area contributed by atoms with E-state index in [1.54, 1.807) is 23.6 Å². The van der Waals surface area contributed by atoms with Crippen LogP contribution in [0.4, 0.5) is 5.69 Å². The molecule has 8 heteroatoms. The Labute approximate surface area is 170 Å². The van der Waals surface area contributed by atoms with E-state index in [1.165, 1.54) is 11.3 Å². The number of thiophene rings is 1. The summed E-state index contributed by atoms with van der Waals surface area (Å²) in [5.41, 5.74) is 1.69. The second-order valence-electron chi connectivity index (χ2n) is 7.57. The smallest absolute Gasteiger partial charge is 0.191 e. The molecular formula is C20H26N2O4S2. The van der Waals surface area contributed by atoms with Gasteiger partial charge in [-0.2, -0.15) is 0 Å². The Hall–Kier alpha value is -1.61. The summed E-state index contributed by atoms with van der Waals surface area (Å²) in [6.45, 7) is 4.60. The summed E-state index contributed by atoms with van der Waals surface area (Å²) in [6, 6.07) is 9.01. The van der Waals surface area contributed by atoms with Crippen LogP contribution in [0.1, 0.15) is 30.9 Å². The monoisotopic (exact) mass is 422 g/mol.